The van der Waals surface area contributed by atoms with Crippen molar-refractivity contribution >= 4 is 17.3 Å². The number of amides is 1. The second-order valence-corrected chi connectivity index (χ2v) is 4.58. The SMILES string of the molecule is Cc1cc(C(=O)Nc2ccc(N(C)CCO)cc2)n[nH]1. The number of nitrogens with zero attached hydrogens (tertiary/aromatic N) is 2. The summed E-state index contributed by atoms with van der Waals surface area (Å²) in [6.45, 7) is 2.52. The number of aliphatic hydroxyl groups is 1. The highest BCUT2D eigenvalue weighted by Gasteiger charge is 2.09. The number of aromatic amines is 1. The van der Waals surface area contributed by atoms with E-state index in [-0.39, 0.29) is 12.5 Å². The van der Waals surface area contributed by atoms with E-state index in [1.54, 1.807) is 6.07 Å². The van der Waals surface area contributed by atoms with E-state index in [4.69, 9.17) is 5.11 Å². The van der Waals surface area contributed by atoms with Gasteiger partial charge in [0.1, 0.15) is 0 Å². The van der Waals surface area contributed by atoms with Crippen molar-refractivity contribution in [1.29, 1.82) is 0 Å². The summed E-state index contributed by atoms with van der Waals surface area (Å²) in [6.07, 6.45) is 0. The molecule has 0 spiro atoms. The molecule has 0 fully saturated rings. The zero-order valence-electron chi connectivity index (χ0n) is 11.6. The van der Waals surface area contributed by atoms with Crippen LogP contribution in [0.2, 0.25) is 0 Å². The summed E-state index contributed by atoms with van der Waals surface area (Å²) >= 11 is 0. The number of likely N-dealkylation sites (N-methyl/N-ethyl adjacent to an activating group) is 1. The van der Waals surface area contributed by atoms with Gasteiger partial charge >= 0.3 is 0 Å². The maximum absolute atomic E-state index is 11.9. The molecule has 0 saturated carbocycles. The number of benzene rings is 1. The first-order valence-corrected chi connectivity index (χ1v) is 6.35. The molecule has 1 aromatic carbocycles. The summed E-state index contributed by atoms with van der Waals surface area (Å²) in [4.78, 5) is 13.8. The first-order chi connectivity index (χ1) is 9.60. The van der Waals surface area contributed by atoms with E-state index in [0.29, 0.717) is 17.9 Å². The van der Waals surface area contributed by atoms with Gasteiger partial charge in [-0.05, 0) is 37.3 Å². The number of aryl methyl sites for hydroxylation is 1. The van der Waals surface area contributed by atoms with E-state index in [1.165, 1.54) is 0 Å². The Morgan fingerprint density at radius 2 is 2.10 bits per heavy atom. The molecule has 2 rings (SSSR count). The Kier molecular flexibility index (Phi) is 4.37. The molecule has 1 aromatic heterocycles. The van der Waals surface area contributed by atoms with Gasteiger partial charge in [0, 0.05) is 30.7 Å². The maximum Gasteiger partial charge on any atom is 0.276 e. The summed E-state index contributed by atoms with van der Waals surface area (Å²) in [6, 6.07) is 9.11. The number of H-pyrrole nitrogens is 1. The molecule has 0 saturated heterocycles. The van der Waals surface area contributed by atoms with Crippen LogP contribution in [-0.2, 0) is 0 Å². The van der Waals surface area contributed by atoms with Crippen molar-refractivity contribution in [2.75, 3.05) is 30.4 Å². The van der Waals surface area contributed by atoms with E-state index < -0.39 is 0 Å². The quantitative estimate of drug-likeness (QED) is 0.770. The minimum absolute atomic E-state index is 0.105. The van der Waals surface area contributed by atoms with Crippen LogP contribution < -0.4 is 10.2 Å². The number of hydrogen-bond donors (Lipinski definition) is 3. The molecule has 0 radical (unpaired) electrons. The summed E-state index contributed by atoms with van der Waals surface area (Å²) < 4.78 is 0. The third-order valence-electron chi connectivity index (χ3n) is 2.94. The third kappa shape index (κ3) is 3.36. The Morgan fingerprint density at radius 3 is 2.65 bits per heavy atom. The summed E-state index contributed by atoms with van der Waals surface area (Å²) in [5.74, 6) is -0.245. The number of rotatable bonds is 5. The van der Waals surface area contributed by atoms with E-state index in [9.17, 15) is 4.79 Å². The van der Waals surface area contributed by atoms with Crippen LogP contribution >= 0.6 is 0 Å². The Labute approximate surface area is 117 Å². The van der Waals surface area contributed by atoms with Gasteiger partial charge in [-0.3, -0.25) is 9.89 Å². The Bertz CT molecular complexity index is 577. The largest absolute Gasteiger partial charge is 0.395 e. The van der Waals surface area contributed by atoms with Crippen LogP contribution in [0.25, 0.3) is 0 Å². The monoisotopic (exact) mass is 274 g/mol. The fourth-order valence-corrected chi connectivity index (χ4v) is 1.81. The highest BCUT2D eigenvalue weighted by Crippen LogP contribution is 2.17. The summed E-state index contributed by atoms with van der Waals surface area (Å²) in [5.41, 5.74) is 2.89. The number of carbonyl (C=O) groups is 1. The van der Waals surface area contributed by atoms with E-state index in [2.05, 4.69) is 15.5 Å². The van der Waals surface area contributed by atoms with Crippen LogP contribution in [0.3, 0.4) is 0 Å². The van der Waals surface area contributed by atoms with Gasteiger partial charge in [-0.25, -0.2) is 0 Å². The predicted molar refractivity (Wildman–Crippen MR) is 78.1 cm³/mol. The van der Waals surface area contributed by atoms with Crippen molar-refractivity contribution in [3.8, 4) is 0 Å². The molecular formula is C14H18N4O2. The second-order valence-electron chi connectivity index (χ2n) is 4.58. The molecule has 6 nitrogen and oxygen atoms in total. The van der Waals surface area contributed by atoms with E-state index in [0.717, 1.165) is 11.4 Å². The van der Waals surface area contributed by atoms with Crippen molar-refractivity contribution in [3.63, 3.8) is 0 Å². The van der Waals surface area contributed by atoms with Crippen molar-refractivity contribution in [3.05, 3.63) is 41.7 Å². The van der Waals surface area contributed by atoms with Crippen LogP contribution in [-0.4, -0.2) is 41.4 Å². The molecule has 3 N–H and O–H groups in total. The van der Waals surface area contributed by atoms with Crippen LogP contribution in [0.15, 0.2) is 30.3 Å². The van der Waals surface area contributed by atoms with Gasteiger partial charge in [0.05, 0.1) is 6.61 Å². The van der Waals surface area contributed by atoms with Crippen molar-refractivity contribution in [2.24, 2.45) is 0 Å². The zero-order chi connectivity index (χ0) is 14.5. The minimum Gasteiger partial charge on any atom is -0.395 e. The Balaban J connectivity index is 2.02. The average Bonchev–Trinajstić information content (AvgIpc) is 2.86. The predicted octanol–water partition coefficient (Wildman–Crippen LogP) is 1.40. The van der Waals surface area contributed by atoms with Crippen LogP contribution in [0.4, 0.5) is 11.4 Å². The average molecular weight is 274 g/mol. The second kappa shape index (κ2) is 6.21. The topological polar surface area (TPSA) is 81.2 Å². The number of hydrogen-bond acceptors (Lipinski definition) is 4. The first kappa shape index (κ1) is 14.1. The lowest BCUT2D eigenvalue weighted by Gasteiger charge is -2.18. The van der Waals surface area contributed by atoms with Crippen molar-refractivity contribution in [1.82, 2.24) is 10.2 Å². The zero-order valence-corrected chi connectivity index (χ0v) is 11.6. The Morgan fingerprint density at radius 1 is 1.40 bits per heavy atom. The standard InChI is InChI=1S/C14H18N4O2/c1-10-9-13(17-16-10)14(20)15-11-3-5-12(6-4-11)18(2)7-8-19/h3-6,9,19H,7-8H2,1-2H3,(H,15,20)(H,16,17). The molecule has 0 aliphatic heterocycles. The third-order valence-corrected chi connectivity index (χ3v) is 2.94. The van der Waals surface area contributed by atoms with Gasteiger partial charge in [-0.2, -0.15) is 5.10 Å². The molecule has 106 valence electrons. The van der Waals surface area contributed by atoms with E-state index in [1.807, 2.05) is 43.1 Å². The fourth-order valence-electron chi connectivity index (χ4n) is 1.81. The summed E-state index contributed by atoms with van der Waals surface area (Å²) in [7, 11) is 1.90. The van der Waals surface area contributed by atoms with Gasteiger partial charge in [0.15, 0.2) is 5.69 Å². The fraction of sp³-hybridized carbons (Fsp3) is 0.286. The van der Waals surface area contributed by atoms with Crippen LogP contribution in [0.1, 0.15) is 16.2 Å². The molecule has 0 aliphatic carbocycles. The molecular weight excluding hydrogens is 256 g/mol. The molecule has 6 heteroatoms. The van der Waals surface area contributed by atoms with Crippen LogP contribution in [0.5, 0.6) is 0 Å². The smallest absolute Gasteiger partial charge is 0.276 e. The summed E-state index contributed by atoms with van der Waals surface area (Å²) in [5, 5.41) is 18.3. The number of carbonyl (C=O) groups excluding carboxylic acids is 1. The lowest BCUT2D eigenvalue weighted by atomic mass is 10.2. The number of aromatic nitrogens is 2. The normalized spacial score (nSPS) is 10.3. The molecule has 20 heavy (non-hydrogen) atoms. The molecule has 0 aliphatic rings. The van der Waals surface area contributed by atoms with E-state index >= 15 is 0 Å². The molecule has 0 atom stereocenters. The molecule has 0 unspecified atom stereocenters. The highest BCUT2D eigenvalue weighted by atomic mass is 16.3. The van der Waals surface area contributed by atoms with Gasteiger partial charge in [-0.15, -0.1) is 0 Å². The lowest BCUT2D eigenvalue weighted by Crippen LogP contribution is -2.21. The van der Waals surface area contributed by atoms with Gasteiger partial charge < -0.3 is 15.3 Å². The first-order valence-electron chi connectivity index (χ1n) is 6.35. The maximum atomic E-state index is 11.9. The van der Waals surface area contributed by atoms with Gasteiger partial charge in [-0.1, -0.05) is 0 Å². The molecule has 0 bridgehead atoms. The van der Waals surface area contributed by atoms with Gasteiger partial charge in [0.25, 0.3) is 5.91 Å². The number of aliphatic hydroxyl groups excluding tert-OH is 1. The Hall–Kier alpha value is -2.34. The highest BCUT2D eigenvalue weighted by molar-refractivity contribution is 6.02. The molecule has 1 amide bonds. The molecule has 1 heterocycles. The molecule has 2 aromatic rings. The van der Waals surface area contributed by atoms with Crippen molar-refractivity contribution in [2.45, 2.75) is 6.92 Å². The minimum atomic E-state index is -0.245. The van der Waals surface area contributed by atoms with Crippen molar-refractivity contribution < 1.29 is 9.90 Å². The number of nitrogens with one attached hydrogen (secondary N) is 2. The number of anilines is 2. The lowest BCUT2D eigenvalue weighted by molar-refractivity contribution is 0.102. The van der Waals surface area contributed by atoms with Gasteiger partial charge in [0.2, 0.25) is 0 Å². The van der Waals surface area contributed by atoms with Crippen LogP contribution in [0, 0.1) is 6.92 Å².